The molecule has 0 heterocycles. The van der Waals surface area contributed by atoms with Crippen LogP contribution in [0.5, 0.6) is 0 Å². The molecule has 1 N–H and O–H groups in total. The second-order valence-electron chi connectivity index (χ2n) is 4.18. The molecule has 0 atom stereocenters. The van der Waals surface area contributed by atoms with Gasteiger partial charge in [-0.2, -0.15) is 0 Å². The van der Waals surface area contributed by atoms with E-state index in [2.05, 4.69) is 73.1 Å². The van der Waals surface area contributed by atoms with Crippen LogP contribution in [-0.2, 0) is 0 Å². The molecule has 2 nitrogen and oxygen atoms in total. The van der Waals surface area contributed by atoms with Crippen LogP contribution in [0.15, 0.2) is 30.3 Å². The SMILES string of the molecule is Cc1ccc(F)c(C(=O)Nc2c(I)cc(I)cc2I)c1. The van der Waals surface area contributed by atoms with E-state index < -0.39 is 11.7 Å². The van der Waals surface area contributed by atoms with Gasteiger partial charge in [-0.15, -0.1) is 0 Å². The largest absolute Gasteiger partial charge is 0.320 e. The normalized spacial score (nSPS) is 10.4. The van der Waals surface area contributed by atoms with E-state index in [-0.39, 0.29) is 5.56 Å². The van der Waals surface area contributed by atoms with E-state index in [1.807, 2.05) is 19.1 Å². The lowest BCUT2D eigenvalue weighted by Gasteiger charge is -2.11. The van der Waals surface area contributed by atoms with Crippen molar-refractivity contribution in [1.82, 2.24) is 0 Å². The second kappa shape index (κ2) is 6.86. The van der Waals surface area contributed by atoms with E-state index in [9.17, 15) is 9.18 Å². The van der Waals surface area contributed by atoms with E-state index in [0.29, 0.717) is 0 Å². The molecule has 104 valence electrons. The highest BCUT2D eigenvalue weighted by molar-refractivity contribution is 14.1. The van der Waals surface area contributed by atoms with Crippen molar-refractivity contribution >= 4 is 79.4 Å². The summed E-state index contributed by atoms with van der Waals surface area (Å²) in [6.07, 6.45) is 0. The van der Waals surface area contributed by atoms with Crippen molar-refractivity contribution in [1.29, 1.82) is 0 Å². The quantitative estimate of drug-likeness (QED) is 0.468. The van der Waals surface area contributed by atoms with Crippen LogP contribution in [0.25, 0.3) is 0 Å². The van der Waals surface area contributed by atoms with Crippen LogP contribution in [0.2, 0.25) is 0 Å². The summed E-state index contributed by atoms with van der Waals surface area (Å²) in [5.41, 5.74) is 1.64. The topological polar surface area (TPSA) is 29.1 Å². The Balaban J connectivity index is 2.35. The molecule has 6 heteroatoms. The zero-order chi connectivity index (χ0) is 14.9. The fraction of sp³-hybridized carbons (Fsp3) is 0.0714. The zero-order valence-electron chi connectivity index (χ0n) is 10.3. The van der Waals surface area contributed by atoms with Gasteiger partial charge in [-0.3, -0.25) is 4.79 Å². The lowest BCUT2D eigenvalue weighted by molar-refractivity contribution is 0.102. The Hall–Kier alpha value is 0.0300. The zero-order valence-corrected chi connectivity index (χ0v) is 16.8. The average molecular weight is 607 g/mol. The van der Waals surface area contributed by atoms with Gasteiger partial charge < -0.3 is 5.32 Å². The molecular formula is C14H9FI3NO. The molecule has 0 aromatic heterocycles. The summed E-state index contributed by atoms with van der Waals surface area (Å²) in [5.74, 6) is -0.938. The summed E-state index contributed by atoms with van der Waals surface area (Å²) in [6.45, 7) is 1.83. The third kappa shape index (κ3) is 3.81. The van der Waals surface area contributed by atoms with Crippen LogP contribution in [0.1, 0.15) is 15.9 Å². The number of halogens is 4. The number of carbonyl (C=O) groups is 1. The van der Waals surface area contributed by atoms with Crippen molar-refractivity contribution in [2.45, 2.75) is 6.92 Å². The monoisotopic (exact) mass is 607 g/mol. The Labute approximate surface area is 157 Å². The number of hydrogen-bond donors (Lipinski definition) is 1. The number of nitrogens with one attached hydrogen (secondary N) is 1. The van der Waals surface area contributed by atoms with E-state index in [4.69, 9.17) is 0 Å². The van der Waals surface area contributed by atoms with E-state index in [1.165, 1.54) is 6.07 Å². The van der Waals surface area contributed by atoms with Crippen LogP contribution in [0, 0.1) is 23.5 Å². The fourth-order valence-corrected chi connectivity index (χ4v) is 5.51. The van der Waals surface area contributed by atoms with Crippen molar-refractivity contribution in [2.24, 2.45) is 0 Å². The van der Waals surface area contributed by atoms with E-state index in [0.717, 1.165) is 22.0 Å². The highest BCUT2D eigenvalue weighted by atomic mass is 127. The number of benzene rings is 2. The summed E-state index contributed by atoms with van der Waals surface area (Å²) in [6, 6.07) is 8.44. The number of hydrogen-bond acceptors (Lipinski definition) is 1. The first-order chi connectivity index (χ1) is 9.38. The van der Waals surface area contributed by atoms with Gasteiger partial charge in [-0.05, 0) is 99.0 Å². The Kier molecular flexibility index (Phi) is 5.63. The molecular weight excluding hydrogens is 598 g/mol. The third-order valence-electron chi connectivity index (χ3n) is 2.61. The molecule has 1 amide bonds. The van der Waals surface area contributed by atoms with Crippen molar-refractivity contribution in [3.63, 3.8) is 0 Å². The molecule has 0 unspecified atom stereocenters. The first-order valence-corrected chi connectivity index (χ1v) is 8.84. The molecule has 0 spiro atoms. The molecule has 0 saturated heterocycles. The summed E-state index contributed by atoms with van der Waals surface area (Å²) in [7, 11) is 0. The van der Waals surface area contributed by atoms with Gasteiger partial charge in [-0.1, -0.05) is 11.6 Å². The average Bonchev–Trinajstić information content (AvgIpc) is 2.36. The Morgan fingerprint density at radius 1 is 1.10 bits per heavy atom. The maximum Gasteiger partial charge on any atom is 0.258 e. The predicted molar refractivity (Wildman–Crippen MR) is 104 cm³/mol. The van der Waals surface area contributed by atoms with Gasteiger partial charge in [0.05, 0.1) is 11.3 Å². The Bertz CT molecular complexity index is 665. The molecule has 2 rings (SSSR count). The standard InChI is InChI=1S/C14H9FI3NO/c1-7-2-3-10(15)9(4-7)14(20)19-13-11(17)5-8(16)6-12(13)18/h2-6H,1H3,(H,19,20). The molecule has 0 bridgehead atoms. The summed E-state index contributed by atoms with van der Waals surface area (Å²) in [4.78, 5) is 12.2. The minimum Gasteiger partial charge on any atom is -0.320 e. The Morgan fingerprint density at radius 2 is 1.70 bits per heavy atom. The first kappa shape index (κ1) is 16.4. The van der Waals surface area contributed by atoms with Crippen LogP contribution in [0.4, 0.5) is 10.1 Å². The minimum atomic E-state index is -0.511. The molecule has 0 aliphatic rings. The maximum absolute atomic E-state index is 13.7. The van der Waals surface area contributed by atoms with Gasteiger partial charge in [-0.25, -0.2) is 4.39 Å². The number of carbonyl (C=O) groups excluding carboxylic acids is 1. The van der Waals surface area contributed by atoms with Crippen LogP contribution in [0.3, 0.4) is 0 Å². The molecule has 0 radical (unpaired) electrons. The van der Waals surface area contributed by atoms with E-state index >= 15 is 0 Å². The molecule has 2 aromatic rings. The number of anilines is 1. The molecule has 0 saturated carbocycles. The van der Waals surface area contributed by atoms with Crippen LogP contribution in [-0.4, -0.2) is 5.91 Å². The third-order valence-corrected chi connectivity index (χ3v) is 4.94. The first-order valence-electron chi connectivity index (χ1n) is 5.60. The van der Waals surface area contributed by atoms with Gasteiger partial charge in [0.1, 0.15) is 5.82 Å². The highest BCUT2D eigenvalue weighted by Crippen LogP contribution is 2.28. The molecule has 2 aromatic carbocycles. The van der Waals surface area contributed by atoms with Crippen LogP contribution < -0.4 is 5.32 Å². The van der Waals surface area contributed by atoms with Crippen LogP contribution >= 0.6 is 67.8 Å². The molecule has 0 fully saturated rings. The van der Waals surface area contributed by atoms with Gasteiger partial charge in [0, 0.05) is 10.7 Å². The minimum absolute atomic E-state index is 0.0650. The molecule has 0 aliphatic heterocycles. The number of amides is 1. The lowest BCUT2D eigenvalue weighted by Crippen LogP contribution is -2.16. The van der Waals surface area contributed by atoms with Crippen molar-refractivity contribution in [2.75, 3.05) is 5.32 Å². The second-order valence-corrected chi connectivity index (χ2v) is 7.75. The van der Waals surface area contributed by atoms with E-state index in [1.54, 1.807) is 12.1 Å². The van der Waals surface area contributed by atoms with Crippen molar-refractivity contribution < 1.29 is 9.18 Å². The lowest BCUT2D eigenvalue weighted by atomic mass is 10.1. The summed E-state index contributed by atoms with van der Waals surface area (Å²) < 4.78 is 16.7. The van der Waals surface area contributed by atoms with Gasteiger partial charge in [0.25, 0.3) is 5.91 Å². The maximum atomic E-state index is 13.7. The van der Waals surface area contributed by atoms with Gasteiger partial charge >= 0.3 is 0 Å². The van der Waals surface area contributed by atoms with Gasteiger partial charge in [0.2, 0.25) is 0 Å². The summed E-state index contributed by atoms with van der Waals surface area (Å²) >= 11 is 6.54. The van der Waals surface area contributed by atoms with Gasteiger partial charge in [0.15, 0.2) is 0 Å². The van der Waals surface area contributed by atoms with Crippen molar-refractivity contribution in [3.05, 3.63) is 58.0 Å². The fourth-order valence-electron chi connectivity index (χ4n) is 1.66. The predicted octanol–water partition coefficient (Wildman–Crippen LogP) is 5.20. The number of rotatable bonds is 2. The molecule has 20 heavy (non-hydrogen) atoms. The summed E-state index contributed by atoms with van der Waals surface area (Å²) in [5, 5.41) is 2.79. The number of aryl methyl sites for hydroxylation is 1. The Morgan fingerprint density at radius 3 is 2.30 bits per heavy atom. The molecule has 0 aliphatic carbocycles. The highest BCUT2D eigenvalue weighted by Gasteiger charge is 2.15. The van der Waals surface area contributed by atoms with Crippen molar-refractivity contribution in [3.8, 4) is 0 Å². The smallest absolute Gasteiger partial charge is 0.258 e.